The van der Waals surface area contributed by atoms with Crippen LogP contribution < -0.4 is 5.73 Å². The molecule has 0 saturated heterocycles. The molecule has 2 N–H and O–H groups in total. The van der Waals surface area contributed by atoms with Crippen molar-refractivity contribution in [1.82, 2.24) is 4.98 Å². The molecule has 0 aliphatic carbocycles. The Morgan fingerprint density at radius 2 is 2.17 bits per heavy atom. The average molecular weight is 233 g/mol. The number of halogens is 2. The first-order chi connectivity index (χ1) is 5.41. The molecule has 66 valence electrons. The fourth-order valence-corrected chi connectivity index (χ4v) is 1.19. The molecular weight excluding hydrogens is 223 g/mol. The van der Waals surface area contributed by atoms with Crippen LogP contribution in [0.5, 0.6) is 0 Å². The first kappa shape index (κ1) is 9.61. The minimum absolute atomic E-state index is 0.283. The molecule has 2 nitrogen and oxygen atoms in total. The third-order valence-electron chi connectivity index (χ3n) is 1.42. The number of hydrogen-bond acceptors (Lipinski definition) is 2. The predicted octanol–water partition coefficient (Wildman–Crippen LogP) is 2.18. The van der Waals surface area contributed by atoms with Crippen LogP contribution in [0, 0.1) is 5.82 Å². The van der Waals surface area contributed by atoms with Gasteiger partial charge in [-0.05, 0) is 35.8 Å². The van der Waals surface area contributed by atoms with Gasteiger partial charge >= 0.3 is 0 Å². The minimum Gasteiger partial charge on any atom is -0.320 e. The normalized spacial score (nSPS) is 11.8. The van der Waals surface area contributed by atoms with Crippen molar-refractivity contribution < 1.29 is 4.39 Å². The van der Waals surface area contributed by atoms with E-state index in [0.717, 1.165) is 0 Å². The van der Waals surface area contributed by atoms with Gasteiger partial charge in [0, 0.05) is 10.7 Å². The molecule has 0 spiro atoms. The molecule has 0 radical (unpaired) electrons. The maximum Gasteiger partial charge on any atom is 0.147 e. The molecule has 0 aromatic carbocycles. The van der Waals surface area contributed by atoms with Crippen molar-refractivity contribution in [1.29, 1.82) is 0 Å². The lowest BCUT2D eigenvalue weighted by atomic mass is 10.0. The summed E-state index contributed by atoms with van der Waals surface area (Å²) in [5, 5.41) is 0. The lowest BCUT2D eigenvalue weighted by Crippen LogP contribution is -2.31. The van der Waals surface area contributed by atoms with Crippen LogP contribution in [-0.4, -0.2) is 4.98 Å². The molecule has 1 heterocycles. The van der Waals surface area contributed by atoms with Crippen LogP contribution in [0.4, 0.5) is 4.39 Å². The summed E-state index contributed by atoms with van der Waals surface area (Å²) in [5.41, 5.74) is 5.24. The largest absolute Gasteiger partial charge is 0.320 e. The summed E-state index contributed by atoms with van der Waals surface area (Å²) in [5.74, 6) is -0.378. The standard InChI is InChI=1S/C8H10BrFN2/c1-8(2,11)7-6(10)3-5(9)4-12-7/h3-4H,11H2,1-2H3. The van der Waals surface area contributed by atoms with Crippen molar-refractivity contribution in [3.8, 4) is 0 Å². The van der Waals surface area contributed by atoms with Crippen LogP contribution in [0.1, 0.15) is 19.5 Å². The Labute approximate surface area is 79.1 Å². The van der Waals surface area contributed by atoms with E-state index in [9.17, 15) is 4.39 Å². The van der Waals surface area contributed by atoms with Gasteiger partial charge in [0.25, 0.3) is 0 Å². The van der Waals surface area contributed by atoms with E-state index in [0.29, 0.717) is 4.47 Å². The molecule has 0 fully saturated rings. The van der Waals surface area contributed by atoms with Crippen molar-refractivity contribution in [2.24, 2.45) is 5.73 Å². The third kappa shape index (κ3) is 2.01. The van der Waals surface area contributed by atoms with Gasteiger partial charge in [0.2, 0.25) is 0 Å². The summed E-state index contributed by atoms with van der Waals surface area (Å²) in [7, 11) is 0. The molecule has 0 atom stereocenters. The molecule has 1 aromatic rings. The van der Waals surface area contributed by atoms with E-state index in [2.05, 4.69) is 20.9 Å². The van der Waals surface area contributed by atoms with Gasteiger partial charge in [-0.2, -0.15) is 0 Å². The summed E-state index contributed by atoms with van der Waals surface area (Å²) >= 11 is 3.12. The van der Waals surface area contributed by atoms with Gasteiger partial charge in [0.15, 0.2) is 0 Å². The van der Waals surface area contributed by atoms with E-state index >= 15 is 0 Å². The van der Waals surface area contributed by atoms with Crippen LogP contribution >= 0.6 is 15.9 Å². The Morgan fingerprint density at radius 3 is 2.58 bits per heavy atom. The average Bonchev–Trinajstić information content (AvgIpc) is 1.83. The van der Waals surface area contributed by atoms with Gasteiger partial charge in [-0.3, -0.25) is 4.98 Å². The smallest absolute Gasteiger partial charge is 0.147 e. The summed E-state index contributed by atoms with van der Waals surface area (Å²) in [6.07, 6.45) is 1.53. The molecule has 0 bridgehead atoms. The summed E-state index contributed by atoms with van der Waals surface area (Å²) in [6.45, 7) is 3.43. The van der Waals surface area contributed by atoms with Gasteiger partial charge in [-0.15, -0.1) is 0 Å². The van der Waals surface area contributed by atoms with Crippen molar-refractivity contribution in [2.45, 2.75) is 19.4 Å². The van der Waals surface area contributed by atoms with E-state index in [1.54, 1.807) is 13.8 Å². The van der Waals surface area contributed by atoms with E-state index in [1.165, 1.54) is 12.3 Å². The number of pyridine rings is 1. The number of hydrogen-bond donors (Lipinski definition) is 1. The van der Waals surface area contributed by atoms with E-state index < -0.39 is 5.54 Å². The first-order valence-corrected chi connectivity index (χ1v) is 4.31. The Balaban J connectivity index is 3.19. The maximum absolute atomic E-state index is 13.2. The first-order valence-electron chi connectivity index (χ1n) is 3.51. The van der Waals surface area contributed by atoms with Gasteiger partial charge in [-0.25, -0.2) is 4.39 Å². The van der Waals surface area contributed by atoms with Crippen molar-refractivity contribution in [3.63, 3.8) is 0 Å². The molecular formula is C8H10BrFN2. The SMILES string of the molecule is CC(C)(N)c1ncc(Br)cc1F. The van der Waals surface area contributed by atoms with Gasteiger partial charge in [0.05, 0.1) is 11.2 Å². The summed E-state index contributed by atoms with van der Waals surface area (Å²) in [4.78, 5) is 3.90. The van der Waals surface area contributed by atoms with Crippen LogP contribution in [0.2, 0.25) is 0 Å². The minimum atomic E-state index is -0.731. The molecule has 0 unspecified atom stereocenters. The highest BCUT2D eigenvalue weighted by Crippen LogP contribution is 2.20. The van der Waals surface area contributed by atoms with Gasteiger partial charge in [0.1, 0.15) is 5.82 Å². The second-order valence-corrected chi connectivity index (χ2v) is 4.12. The number of aromatic nitrogens is 1. The van der Waals surface area contributed by atoms with Crippen LogP contribution in [0.3, 0.4) is 0 Å². The molecule has 1 aromatic heterocycles. The van der Waals surface area contributed by atoms with Gasteiger partial charge in [-0.1, -0.05) is 0 Å². The highest BCUT2D eigenvalue weighted by Gasteiger charge is 2.20. The Morgan fingerprint density at radius 1 is 1.58 bits per heavy atom. The number of nitrogens with zero attached hydrogens (tertiary/aromatic N) is 1. The lowest BCUT2D eigenvalue weighted by molar-refractivity contribution is 0.481. The zero-order valence-corrected chi connectivity index (χ0v) is 8.52. The topological polar surface area (TPSA) is 38.9 Å². The monoisotopic (exact) mass is 232 g/mol. The van der Waals surface area contributed by atoms with E-state index in [4.69, 9.17) is 5.73 Å². The molecule has 0 aliphatic rings. The lowest BCUT2D eigenvalue weighted by Gasteiger charge is -2.18. The second kappa shape index (κ2) is 3.11. The molecule has 0 aliphatic heterocycles. The zero-order chi connectivity index (χ0) is 9.35. The fraction of sp³-hybridized carbons (Fsp3) is 0.375. The molecule has 0 amide bonds. The van der Waals surface area contributed by atoms with E-state index in [-0.39, 0.29) is 11.5 Å². The Bertz CT molecular complexity index is 294. The predicted molar refractivity (Wildman–Crippen MR) is 49.1 cm³/mol. The molecule has 0 saturated carbocycles. The van der Waals surface area contributed by atoms with Gasteiger partial charge < -0.3 is 5.73 Å². The molecule has 1 rings (SSSR count). The van der Waals surface area contributed by atoms with Crippen LogP contribution in [0.25, 0.3) is 0 Å². The molecule has 12 heavy (non-hydrogen) atoms. The van der Waals surface area contributed by atoms with Crippen molar-refractivity contribution in [3.05, 3.63) is 28.2 Å². The molecule has 4 heteroatoms. The van der Waals surface area contributed by atoms with Crippen molar-refractivity contribution in [2.75, 3.05) is 0 Å². The quantitative estimate of drug-likeness (QED) is 0.807. The highest BCUT2D eigenvalue weighted by molar-refractivity contribution is 9.10. The fourth-order valence-electron chi connectivity index (χ4n) is 0.889. The van der Waals surface area contributed by atoms with Crippen LogP contribution in [-0.2, 0) is 5.54 Å². The number of nitrogens with two attached hydrogens (primary N) is 1. The summed E-state index contributed by atoms with van der Waals surface area (Å²) < 4.78 is 13.8. The number of rotatable bonds is 1. The second-order valence-electron chi connectivity index (χ2n) is 3.21. The third-order valence-corrected chi connectivity index (χ3v) is 1.85. The van der Waals surface area contributed by atoms with Crippen molar-refractivity contribution >= 4 is 15.9 Å². The van der Waals surface area contributed by atoms with Crippen LogP contribution in [0.15, 0.2) is 16.7 Å². The maximum atomic E-state index is 13.2. The Kier molecular flexibility index (Phi) is 2.49. The zero-order valence-electron chi connectivity index (χ0n) is 6.94. The summed E-state index contributed by atoms with van der Waals surface area (Å²) in [6, 6.07) is 1.36. The highest BCUT2D eigenvalue weighted by atomic mass is 79.9. The Hall–Kier alpha value is -0.480. The van der Waals surface area contributed by atoms with E-state index in [1.807, 2.05) is 0 Å².